The van der Waals surface area contributed by atoms with Crippen molar-refractivity contribution in [3.63, 3.8) is 0 Å². The zero-order valence-electron chi connectivity index (χ0n) is 14.6. The number of rotatable bonds is 5. The molecule has 1 fully saturated rings. The molecule has 0 radical (unpaired) electrons. The Morgan fingerprint density at radius 1 is 1.22 bits per heavy atom. The van der Waals surface area contributed by atoms with E-state index in [4.69, 9.17) is 11.6 Å². The number of halogens is 1. The van der Waals surface area contributed by atoms with Gasteiger partial charge in [0.1, 0.15) is 6.33 Å². The second kappa shape index (κ2) is 7.85. The maximum atomic E-state index is 12.9. The molecule has 138 valence electrons. The lowest BCUT2D eigenvalue weighted by molar-refractivity contribution is -0.120. The van der Waals surface area contributed by atoms with E-state index in [0.29, 0.717) is 6.54 Å². The lowest BCUT2D eigenvalue weighted by Crippen LogP contribution is -2.39. The maximum absolute atomic E-state index is 12.9. The molecule has 1 atom stereocenters. The molecule has 2 aromatic carbocycles. The molecule has 27 heavy (non-hydrogen) atoms. The van der Waals surface area contributed by atoms with Crippen molar-refractivity contribution < 1.29 is 4.79 Å². The second-order valence-electron chi connectivity index (χ2n) is 6.51. The standard InChI is InChI=1S/C19H19ClN6O/c20-17-8-2-1-5-14(17)12-25-10-4-9-18(25)19(27)22-15-6-3-7-16(11-15)26-13-21-23-24-26/h1-3,5-8,11,13,18H,4,9-10,12H2,(H,22,27). The van der Waals surface area contributed by atoms with Gasteiger partial charge in [0.15, 0.2) is 0 Å². The summed E-state index contributed by atoms with van der Waals surface area (Å²) in [6, 6.07) is 15.1. The molecule has 3 aromatic rings. The first kappa shape index (κ1) is 17.6. The minimum absolute atomic E-state index is 0.00609. The van der Waals surface area contributed by atoms with E-state index in [2.05, 4.69) is 25.7 Å². The number of aromatic nitrogens is 4. The number of anilines is 1. The van der Waals surface area contributed by atoms with E-state index in [0.717, 1.165) is 41.3 Å². The maximum Gasteiger partial charge on any atom is 0.241 e. The van der Waals surface area contributed by atoms with Crippen LogP contribution in [0.25, 0.3) is 5.69 Å². The Labute approximate surface area is 161 Å². The summed E-state index contributed by atoms with van der Waals surface area (Å²) in [6.07, 6.45) is 3.35. The van der Waals surface area contributed by atoms with Gasteiger partial charge in [-0.15, -0.1) is 5.10 Å². The first-order valence-corrected chi connectivity index (χ1v) is 9.20. The molecule has 7 nitrogen and oxygen atoms in total. The van der Waals surface area contributed by atoms with Crippen LogP contribution in [0.3, 0.4) is 0 Å². The summed E-state index contributed by atoms with van der Waals surface area (Å²) in [4.78, 5) is 15.0. The fourth-order valence-corrected chi connectivity index (χ4v) is 3.58. The number of hydrogen-bond donors (Lipinski definition) is 1. The Hall–Kier alpha value is -2.77. The Kier molecular flexibility index (Phi) is 5.13. The van der Waals surface area contributed by atoms with Crippen LogP contribution in [-0.2, 0) is 11.3 Å². The summed E-state index contributed by atoms with van der Waals surface area (Å²) < 4.78 is 1.55. The van der Waals surface area contributed by atoms with Gasteiger partial charge in [-0.1, -0.05) is 35.9 Å². The Morgan fingerprint density at radius 2 is 2.11 bits per heavy atom. The van der Waals surface area contributed by atoms with E-state index < -0.39 is 0 Å². The number of benzene rings is 2. The van der Waals surface area contributed by atoms with Crippen molar-refractivity contribution in [1.29, 1.82) is 0 Å². The fraction of sp³-hybridized carbons (Fsp3) is 0.263. The van der Waals surface area contributed by atoms with E-state index >= 15 is 0 Å². The molecule has 4 rings (SSSR count). The summed E-state index contributed by atoms with van der Waals surface area (Å²) in [5, 5.41) is 14.9. The SMILES string of the molecule is O=C(Nc1cccc(-n2cnnn2)c1)C1CCCN1Cc1ccccc1Cl. The highest BCUT2D eigenvalue weighted by molar-refractivity contribution is 6.31. The van der Waals surface area contributed by atoms with E-state index in [1.807, 2.05) is 48.5 Å². The molecule has 0 aliphatic carbocycles. The van der Waals surface area contributed by atoms with Crippen molar-refractivity contribution in [3.8, 4) is 5.69 Å². The third-order valence-electron chi connectivity index (χ3n) is 4.72. The molecule has 8 heteroatoms. The number of hydrogen-bond acceptors (Lipinski definition) is 5. The molecule has 1 aliphatic heterocycles. The van der Waals surface area contributed by atoms with Crippen LogP contribution in [0.15, 0.2) is 54.9 Å². The van der Waals surface area contributed by atoms with Gasteiger partial charge in [-0.05, 0) is 59.6 Å². The number of amides is 1. The molecular formula is C19H19ClN6O. The second-order valence-corrected chi connectivity index (χ2v) is 6.92. The first-order chi connectivity index (χ1) is 13.2. The molecule has 1 aromatic heterocycles. The monoisotopic (exact) mass is 382 g/mol. The van der Waals surface area contributed by atoms with Crippen LogP contribution in [0.4, 0.5) is 5.69 Å². The van der Waals surface area contributed by atoms with Crippen LogP contribution in [-0.4, -0.2) is 43.6 Å². The van der Waals surface area contributed by atoms with Crippen LogP contribution in [0.1, 0.15) is 18.4 Å². The summed E-state index contributed by atoms with van der Waals surface area (Å²) >= 11 is 6.28. The quantitative estimate of drug-likeness (QED) is 0.734. The number of carbonyl (C=O) groups excluding carboxylic acids is 1. The van der Waals surface area contributed by atoms with Gasteiger partial charge in [0.05, 0.1) is 11.7 Å². The van der Waals surface area contributed by atoms with Gasteiger partial charge in [-0.25, -0.2) is 4.68 Å². The van der Waals surface area contributed by atoms with Crippen LogP contribution >= 0.6 is 11.6 Å². The van der Waals surface area contributed by atoms with Gasteiger partial charge in [0, 0.05) is 17.3 Å². The highest BCUT2D eigenvalue weighted by atomic mass is 35.5. The zero-order chi connectivity index (χ0) is 18.6. The topological polar surface area (TPSA) is 75.9 Å². The van der Waals surface area contributed by atoms with Crippen molar-refractivity contribution in [2.24, 2.45) is 0 Å². The first-order valence-electron chi connectivity index (χ1n) is 8.82. The number of likely N-dealkylation sites (tertiary alicyclic amines) is 1. The predicted molar refractivity (Wildman–Crippen MR) is 103 cm³/mol. The normalized spacial score (nSPS) is 17.1. The highest BCUT2D eigenvalue weighted by Crippen LogP contribution is 2.25. The van der Waals surface area contributed by atoms with Gasteiger partial charge in [0.25, 0.3) is 0 Å². The molecule has 1 amide bonds. The average Bonchev–Trinajstić information content (AvgIpc) is 3.36. The van der Waals surface area contributed by atoms with E-state index in [9.17, 15) is 4.79 Å². The molecule has 0 bridgehead atoms. The zero-order valence-corrected chi connectivity index (χ0v) is 15.4. The summed E-state index contributed by atoms with van der Waals surface area (Å²) in [5.74, 6) is -0.00609. The Bertz CT molecular complexity index is 929. The molecule has 1 saturated heterocycles. The molecule has 2 heterocycles. The van der Waals surface area contributed by atoms with Gasteiger partial charge >= 0.3 is 0 Å². The van der Waals surface area contributed by atoms with Gasteiger partial charge < -0.3 is 5.32 Å². The van der Waals surface area contributed by atoms with Crippen molar-refractivity contribution >= 4 is 23.2 Å². The van der Waals surface area contributed by atoms with E-state index in [1.54, 1.807) is 4.68 Å². The summed E-state index contributed by atoms with van der Waals surface area (Å²) in [7, 11) is 0. The van der Waals surface area contributed by atoms with Crippen molar-refractivity contribution in [3.05, 3.63) is 65.4 Å². The molecular weight excluding hydrogens is 364 g/mol. The fourth-order valence-electron chi connectivity index (χ4n) is 3.39. The van der Waals surface area contributed by atoms with Crippen LogP contribution in [0.2, 0.25) is 5.02 Å². The Morgan fingerprint density at radius 3 is 2.93 bits per heavy atom. The molecule has 1 N–H and O–H groups in total. The van der Waals surface area contributed by atoms with Gasteiger partial charge in [-0.2, -0.15) is 0 Å². The summed E-state index contributed by atoms with van der Waals surface area (Å²) in [5.41, 5.74) is 2.55. The van der Waals surface area contributed by atoms with Gasteiger partial charge in [-0.3, -0.25) is 9.69 Å². The third-order valence-corrected chi connectivity index (χ3v) is 5.09. The third kappa shape index (κ3) is 3.99. The van der Waals surface area contributed by atoms with Crippen molar-refractivity contribution in [2.75, 3.05) is 11.9 Å². The minimum Gasteiger partial charge on any atom is -0.325 e. The molecule has 0 spiro atoms. The van der Waals surface area contributed by atoms with E-state index in [1.165, 1.54) is 6.33 Å². The van der Waals surface area contributed by atoms with E-state index in [-0.39, 0.29) is 11.9 Å². The lowest BCUT2D eigenvalue weighted by Gasteiger charge is -2.24. The highest BCUT2D eigenvalue weighted by Gasteiger charge is 2.31. The smallest absolute Gasteiger partial charge is 0.241 e. The van der Waals surface area contributed by atoms with Crippen LogP contribution < -0.4 is 5.32 Å². The lowest BCUT2D eigenvalue weighted by atomic mass is 10.1. The number of nitrogens with one attached hydrogen (secondary N) is 1. The van der Waals surface area contributed by atoms with Crippen LogP contribution in [0.5, 0.6) is 0 Å². The largest absolute Gasteiger partial charge is 0.325 e. The average molecular weight is 383 g/mol. The van der Waals surface area contributed by atoms with Gasteiger partial charge in [0.2, 0.25) is 5.91 Å². The summed E-state index contributed by atoms with van der Waals surface area (Å²) in [6.45, 7) is 1.55. The van der Waals surface area contributed by atoms with Crippen molar-refractivity contribution in [2.45, 2.75) is 25.4 Å². The number of carbonyl (C=O) groups is 1. The molecule has 1 aliphatic rings. The number of nitrogens with zero attached hydrogens (tertiary/aromatic N) is 5. The van der Waals surface area contributed by atoms with Crippen molar-refractivity contribution in [1.82, 2.24) is 25.1 Å². The van der Waals surface area contributed by atoms with Crippen LogP contribution in [0, 0.1) is 0 Å². The minimum atomic E-state index is -0.169. The predicted octanol–water partition coefficient (Wildman–Crippen LogP) is 2.92. The molecule has 0 saturated carbocycles. The number of tetrazole rings is 1. The Balaban J connectivity index is 1.46. The molecule has 1 unspecified atom stereocenters.